The summed E-state index contributed by atoms with van der Waals surface area (Å²) < 4.78 is 42.1. The Bertz CT molecular complexity index is 1280. The first-order chi connectivity index (χ1) is 17.2. The average Bonchev–Trinajstić information content (AvgIpc) is 2.86. The van der Waals surface area contributed by atoms with E-state index in [1.807, 2.05) is 18.2 Å². The number of nitrogens with zero attached hydrogens (tertiary/aromatic N) is 1. The van der Waals surface area contributed by atoms with Crippen molar-refractivity contribution in [3.63, 3.8) is 0 Å². The van der Waals surface area contributed by atoms with Crippen molar-refractivity contribution in [2.24, 2.45) is 0 Å². The fourth-order valence-electron chi connectivity index (χ4n) is 3.47. The van der Waals surface area contributed by atoms with Crippen molar-refractivity contribution in [2.75, 3.05) is 37.9 Å². The molecular formula is C26H29ClN2O6S. The van der Waals surface area contributed by atoms with Crippen LogP contribution < -0.4 is 23.8 Å². The molecule has 3 aromatic rings. The van der Waals surface area contributed by atoms with Crippen LogP contribution in [0, 0.1) is 0 Å². The fraction of sp³-hybridized carbons (Fsp3) is 0.269. The summed E-state index contributed by atoms with van der Waals surface area (Å²) in [6, 6.07) is 19.2. The number of anilines is 1. The fourth-order valence-corrected chi connectivity index (χ4v) is 4.55. The first-order valence-electron chi connectivity index (χ1n) is 11.1. The largest absolute Gasteiger partial charge is 0.493 e. The maximum absolute atomic E-state index is 12.4. The molecule has 36 heavy (non-hydrogen) atoms. The number of rotatable bonds is 12. The van der Waals surface area contributed by atoms with Crippen molar-refractivity contribution in [3.8, 4) is 17.2 Å². The molecule has 0 fully saturated rings. The van der Waals surface area contributed by atoms with E-state index in [2.05, 4.69) is 5.32 Å². The highest BCUT2D eigenvalue weighted by atomic mass is 35.5. The summed E-state index contributed by atoms with van der Waals surface area (Å²) in [5.41, 5.74) is 2.15. The third-order valence-electron chi connectivity index (χ3n) is 5.35. The van der Waals surface area contributed by atoms with Crippen LogP contribution in [0.4, 0.5) is 5.69 Å². The van der Waals surface area contributed by atoms with E-state index in [1.165, 1.54) is 4.31 Å². The summed E-state index contributed by atoms with van der Waals surface area (Å²) in [4.78, 5) is 12.2. The predicted octanol–water partition coefficient (Wildman–Crippen LogP) is 4.06. The van der Waals surface area contributed by atoms with Crippen molar-refractivity contribution < 1.29 is 27.4 Å². The van der Waals surface area contributed by atoms with Gasteiger partial charge in [-0.2, -0.15) is 0 Å². The van der Waals surface area contributed by atoms with Gasteiger partial charge in [0.25, 0.3) is 5.91 Å². The Balaban J connectivity index is 1.53. The molecule has 0 spiro atoms. The molecule has 192 valence electrons. The monoisotopic (exact) mass is 532 g/mol. The number of hydrogen-bond donors (Lipinski definition) is 1. The molecule has 0 radical (unpaired) electrons. The van der Waals surface area contributed by atoms with Crippen molar-refractivity contribution in [3.05, 3.63) is 82.9 Å². The smallest absolute Gasteiger partial charge is 0.257 e. The van der Waals surface area contributed by atoms with Crippen LogP contribution in [-0.2, 0) is 27.8 Å². The predicted molar refractivity (Wildman–Crippen MR) is 141 cm³/mol. The van der Waals surface area contributed by atoms with E-state index in [4.69, 9.17) is 25.8 Å². The molecule has 0 unspecified atom stereocenters. The van der Waals surface area contributed by atoms with Gasteiger partial charge in [-0.15, -0.1) is 0 Å². The van der Waals surface area contributed by atoms with E-state index in [9.17, 15) is 13.2 Å². The van der Waals surface area contributed by atoms with E-state index < -0.39 is 10.0 Å². The van der Waals surface area contributed by atoms with Gasteiger partial charge in [-0.05, 0) is 60.0 Å². The highest BCUT2D eigenvalue weighted by Crippen LogP contribution is 2.28. The number of halogens is 1. The van der Waals surface area contributed by atoms with Crippen LogP contribution >= 0.6 is 11.6 Å². The topological polar surface area (TPSA) is 94.2 Å². The van der Waals surface area contributed by atoms with Gasteiger partial charge in [0.2, 0.25) is 10.0 Å². The van der Waals surface area contributed by atoms with Crippen LogP contribution in [-0.4, -0.2) is 48.0 Å². The molecule has 0 aliphatic rings. The summed E-state index contributed by atoms with van der Waals surface area (Å²) in [6.07, 6.45) is 1.76. The van der Waals surface area contributed by atoms with E-state index >= 15 is 0 Å². The number of amides is 1. The normalized spacial score (nSPS) is 11.0. The zero-order valence-corrected chi connectivity index (χ0v) is 21.9. The van der Waals surface area contributed by atoms with Gasteiger partial charge in [-0.3, -0.25) is 9.10 Å². The summed E-state index contributed by atoms with van der Waals surface area (Å²) >= 11 is 6.21. The van der Waals surface area contributed by atoms with Gasteiger partial charge in [-0.25, -0.2) is 8.42 Å². The van der Waals surface area contributed by atoms with Crippen LogP contribution in [0.1, 0.15) is 11.1 Å². The van der Waals surface area contributed by atoms with Crippen molar-refractivity contribution >= 4 is 33.2 Å². The number of ether oxygens (including phenoxy) is 3. The lowest BCUT2D eigenvalue weighted by Crippen LogP contribution is -2.30. The molecule has 0 saturated carbocycles. The Morgan fingerprint density at radius 2 is 1.67 bits per heavy atom. The van der Waals surface area contributed by atoms with Crippen LogP contribution in [0.5, 0.6) is 17.2 Å². The van der Waals surface area contributed by atoms with Gasteiger partial charge in [-0.1, -0.05) is 35.9 Å². The number of nitrogens with one attached hydrogen (secondary N) is 1. The summed E-state index contributed by atoms with van der Waals surface area (Å²) in [7, 11) is -0.407. The zero-order valence-electron chi connectivity index (χ0n) is 20.4. The van der Waals surface area contributed by atoms with E-state index in [1.54, 1.807) is 62.8 Å². The Kier molecular flexibility index (Phi) is 9.44. The van der Waals surface area contributed by atoms with Gasteiger partial charge < -0.3 is 19.5 Å². The molecule has 0 bridgehead atoms. The Morgan fingerprint density at radius 3 is 2.31 bits per heavy atom. The second kappa shape index (κ2) is 12.5. The van der Waals surface area contributed by atoms with Crippen LogP contribution in [0.2, 0.25) is 5.02 Å². The number of hydrogen-bond acceptors (Lipinski definition) is 6. The Hall–Kier alpha value is -3.43. The third kappa shape index (κ3) is 7.53. The van der Waals surface area contributed by atoms with Crippen molar-refractivity contribution in [2.45, 2.75) is 13.0 Å². The lowest BCUT2D eigenvalue weighted by Gasteiger charge is -2.23. The van der Waals surface area contributed by atoms with Crippen LogP contribution in [0.25, 0.3) is 0 Å². The van der Waals surface area contributed by atoms with E-state index in [-0.39, 0.29) is 19.1 Å². The van der Waals surface area contributed by atoms with Crippen molar-refractivity contribution in [1.29, 1.82) is 0 Å². The first-order valence-corrected chi connectivity index (χ1v) is 13.4. The van der Waals surface area contributed by atoms with Crippen LogP contribution in [0.3, 0.4) is 0 Å². The minimum Gasteiger partial charge on any atom is -0.493 e. The lowest BCUT2D eigenvalue weighted by atomic mass is 10.1. The second-order valence-electron chi connectivity index (χ2n) is 7.93. The Morgan fingerprint density at radius 1 is 0.972 bits per heavy atom. The summed E-state index contributed by atoms with van der Waals surface area (Å²) in [5.74, 6) is 1.46. The number of benzene rings is 3. The molecule has 3 rings (SSSR count). The summed E-state index contributed by atoms with van der Waals surface area (Å²) in [6.45, 7) is 0.365. The lowest BCUT2D eigenvalue weighted by molar-refractivity contribution is -0.123. The molecule has 0 atom stereocenters. The highest BCUT2D eigenvalue weighted by Gasteiger charge is 2.19. The molecule has 0 aliphatic carbocycles. The maximum Gasteiger partial charge on any atom is 0.257 e. The van der Waals surface area contributed by atoms with E-state index in [0.717, 1.165) is 11.8 Å². The molecular weight excluding hydrogens is 504 g/mol. The van der Waals surface area contributed by atoms with Gasteiger partial charge in [0.15, 0.2) is 18.1 Å². The standard InChI is InChI=1S/C26H29ClN2O6S/c1-33-24-13-8-19(16-25(24)34-2)14-15-28-26(30)18-35-22-11-9-21(10-12-22)29(36(3,31)32)17-20-6-4-5-7-23(20)27/h4-13,16H,14-15,17-18H2,1-3H3,(H,28,30). The Labute approximate surface area is 216 Å². The molecule has 0 aliphatic heterocycles. The molecule has 10 heteroatoms. The van der Waals surface area contributed by atoms with Gasteiger partial charge in [0, 0.05) is 11.6 Å². The quantitative estimate of drug-likeness (QED) is 0.378. The van der Waals surface area contributed by atoms with Gasteiger partial charge in [0.05, 0.1) is 32.7 Å². The number of methoxy groups -OCH3 is 2. The number of carbonyl (C=O) groups excluding carboxylic acids is 1. The number of sulfonamides is 1. The van der Waals surface area contributed by atoms with Crippen molar-refractivity contribution in [1.82, 2.24) is 5.32 Å². The van der Waals surface area contributed by atoms with Crippen LogP contribution in [0.15, 0.2) is 66.7 Å². The minimum absolute atomic E-state index is 0.0984. The maximum atomic E-state index is 12.4. The first kappa shape index (κ1) is 27.2. The van der Waals surface area contributed by atoms with Gasteiger partial charge >= 0.3 is 0 Å². The second-order valence-corrected chi connectivity index (χ2v) is 10.2. The van der Waals surface area contributed by atoms with E-state index in [0.29, 0.717) is 46.5 Å². The molecule has 3 aromatic carbocycles. The average molecular weight is 533 g/mol. The molecule has 1 N–H and O–H groups in total. The summed E-state index contributed by atoms with van der Waals surface area (Å²) in [5, 5.41) is 3.30. The number of carbonyl (C=O) groups is 1. The van der Waals surface area contributed by atoms with Gasteiger partial charge in [0.1, 0.15) is 5.75 Å². The molecule has 0 saturated heterocycles. The highest BCUT2D eigenvalue weighted by molar-refractivity contribution is 7.92. The minimum atomic E-state index is -3.56. The zero-order chi connectivity index (χ0) is 26.1. The molecule has 8 nitrogen and oxygen atoms in total. The molecule has 0 heterocycles. The molecule has 0 aromatic heterocycles. The molecule has 1 amide bonds. The third-order valence-corrected chi connectivity index (χ3v) is 6.86. The SMILES string of the molecule is COc1ccc(CCNC(=O)COc2ccc(N(Cc3ccccc3Cl)S(C)(=O)=O)cc2)cc1OC.